The second-order valence-electron chi connectivity index (χ2n) is 8.61. The van der Waals surface area contributed by atoms with E-state index in [1.165, 1.54) is 4.31 Å². The standard InChI is InChI=1S/C26H36ClN3O4S/c1-5-17-28-26(32)21(3)29(19-16-22-11-7-6-8-12-22)25(31)15-10-18-30(35(4,33)34)24-14-9-13-23(27)20(24)2/h6-9,11-14,21H,5,10,15-19H2,1-4H3,(H,28,32)/t21-/m0/s1. The maximum absolute atomic E-state index is 13.2. The summed E-state index contributed by atoms with van der Waals surface area (Å²) in [6.45, 7) is 6.54. The Kier molecular flexibility index (Phi) is 11.0. The Morgan fingerprint density at radius 2 is 1.74 bits per heavy atom. The van der Waals surface area contributed by atoms with Gasteiger partial charge in [0.15, 0.2) is 0 Å². The normalized spacial score (nSPS) is 12.1. The van der Waals surface area contributed by atoms with E-state index in [4.69, 9.17) is 11.6 Å². The fourth-order valence-corrected chi connectivity index (χ4v) is 5.00. The molecule has 2 amide bonds. The summed E-state index contributed by atoms with van der Waals surface area (Å²) in [4.78, 5) is 27.4. The Morgan fingerprint density at radius 1 is 1.06 bits per heavy atom. The summed E-state index contributed by atoms with van der Waals surface area (Å²) in [6, 6.07) is 14.3. The van der Waals surface area contributed by atoms with Crippen LogP contribution in [-0.2, 0) is 26.0 Å². The monoisotopic (exact) mass is 521 g/mol. The van der Waals surface area contributed by atoms with Gasteiger partial charge in [-0.2, -0.15) is 0 Å². The number of hydrogen-bond acceptors (Lipinski definition) is 4. The Balaban J connectivity index is 2.13. The molecule has 35 heavy (non-hydrogen) atoms. The van der Waals surface area contributed by atoms with Crippen LogP contribution in [0.4, 0.5) is 5.69 Å². The molecule has 2 rings (SSSR count). The smallest absolute Gasteiger partial charge is 0.242 e. The van der Waals surface area contributed by atoms with Crippen molar-refractivity contribution in [3.05, 3.63) is 64.7 Å². The lowest BCUT2D eigenvalue weighted by atomic mass is 10.1. The molecule has 2 aromatic rings. The molecule has 1 N–H and O–H groups in total. The zero-order valence-electron chi connectivity index (χ0n) is 21.0. The summed E-state index contributed by atoms with van der Waals surface area (Å²) < 4.78 is 26.3. The topological polar surface area (TPSA) is 86.8 Å². The van der Waals surface area contributed by atoms with Crippen LogP contribution < -0.4 is 9.62 Å². The molecule has 0 bridgehead atoms. The number of hydrogen-bond donors (Lipinski definition) is 1. The molecule has 0 radical (unpaired) electrons. The molecule has 0 saturated heterocycles. The van der Waals surface area contributed by atoms with E-state index >= 15 is 0 Å². The number of carbonyl (C=O) groups excluding carboxylic acids is 2. The van der Waals surface area contributed by atoms with Crippen LogP contribution >= 0.6 is 11.6 Å². The van der Waals surface area contributed by atoms with Crippen LogP contribution in [0.5, 0.6) is 0 Å². The summed E-state index contributed by atoms with van der Waals surface area (Å²) in [6.07, 6.45) is 2.99. The number of halogens is 1. The SMILES string of the molecule is CCCNC(=O)[C@H](C)N(CCc1ccccc1)C(=O)CCCN(c1cccc(Cl)c1C)S(C)(=O)=O. The molecule has 0 spiro atoms. The summed E-state index contributed by atoms with van der Waals surface area (Å²) in [7, 11) is -3.58. The van der Waals surface area contributed by atoms with Crippen molar-refractivity contribution < 1.29 is 18.0 Å². The van der Waals surface area contributed by atoms with Gasteiger partial charge in [-0.25, -0.2) is 8.42 Å². The second-order valence-corrected chi connectivity index (χ2v) is 10.9. The van der Waals surface area contributed by atoms with E-state index in [0.717, 1.165) is 18.2 Å². The zero-order valence-corrected chi connectivity index (χ0v) is 22.5. The van der Waals surface area contributed by atoms with Crippen molar-refractivity contribution in [1.29, 1.82) is 0 Å². The number of nitrogens with zero attached hydrogens (tertiary/aromatic N) is 2. The maximum atomic E-state index is 13.2. The molecule has 192 valence electrons. The first kappa shape index (κ1) is 28.7. The Hall–Kier alpha value is -2.58. The summed E-state index contributed by atoms with van der Waals surface area (Å²) in [5, 5.41) is 3.34. The van der Waals surface area contributed by atoms with Gasteiger partial charge in [0.1, 0.15) is 6.04 Å². The van der Waals surface area contributed by atoms with Gasteiger partial charge in [0.05, 0.1) is 11.9 Å². The quantitative estimate of drug-likeness (QED) is 0.428. The molecule has 1 atom stereocenters. The number of anilines is 1. The molecule has 0 aliphatic heterocycles. The van der Waals surface area contributed by atoms with Gasteiger partial charge in [-0.05, 0) is 56.4 Å². The highest BCUT2D eigenvalue weighted by Crippen LogP contribution is 2.28. The first-order valence-electron chi connectivity index (χ1n) is 11.9. The van der Waals surface area contributed by atoms with Gasteiger partial charge < -0.3 is 10.2 Å². The summed E-state index contributed by atoms with van der Waals surface area (Å²) in [5.74, 6) is -0.378. The lowest BCUT2D eigenvalue weighted by Gasteiger charge is -2.29. The molecule has 0 aromatic heterocycles. The van der Waals surface area contributed by atoms with E-state index in [1.54, 1.807) is 36.9 Å². The van der Waals surface area contributed by atoms with E-state index in [-0.39, 0.29) is 24.8 Å². The number of rotatable bonds is 13. The first-order valence-corrected chi connectivity index (χ1v) is 14.1. The third-order valence-corrected chi connectivity index (χ3v) is 7.45. The maximum Gasteiger partial charge on any atom is 0.242 e. The molecular weight excluding hydrogens is 486 g/mol. The van der Waals surface area contributed by atoms with E-state index in [2.05, 4.69) is 5.32 Å². The van der Waals surface area contributed by atoms with Crippen LogP contribution in [-0.4, -0.2) is 57.1 Å². The fraction of sp³-hybridized carbons (Fsp3) is 0.462. The Morgan fingerprint density at radius 3 is 2.37 bits per heavy atom. The second kappa shape index (κ2) is 13.5. The third kappa shape index (κ3) is 8.54. The molecule has 0 saturated carbocycles. The van der Waals surface area contributed by atoms with E-state index < -0.39 is 16.1 Å². The van der Waals surface area contributed by atoms with Gasteiger partial charge >= 0.3 is 0 Å². The largest absolute Gasteiger partial charge is 0.354 e. The minimum absolute atomic E-state index is 0.117. The molecule has 0 aliphatic carbocycles. The van der Waals surface area contributed by atoms with Crippen LogP contribution in [0.1, 0.15) is 44.2 Å². The van der Waals surface area contributed by atoms with Crippen molar-refractivity contribution in [2.24, 2.45) is 0 Å². The van der Waals surface area contributed by atoms with Crippen LogP contribution in [0.3, 0.4) is 0 Å². The average Bonchev–Trinajstić information content (AvgIpc) is 2.82. The van der Waals surface area contributed by atoms with E-state index in [0.29, 0.717) is 42.2 Å². The molecule has 0 aliphatic rings. The third-order valence-electron chi connectivity index (χ3n) is 5.86. The number of benzene rings is 2. The van der Waals surface area contributed by atoms with Crippen molar-refractivity contribution in [1.82, 2.24) is 10.2 Å². The number of sulfonamides is 1. The van der Waals surface area contributed by atoms with Gasteiger partial charge in [0.2, 0.25) is 21.8 Å². The van der Waals surface area contributed by atoms with E-state index in [9.17, 15) is 18.0 Å². The van der Waals surface area contributed by atoms with Crippen molar-refractivity contribution in [3.63, 3.8) is 0 Å². The minimum Gasteiger partial charge on any atom is -0.354 e. The molecule has 0 unspecified atom stereocenters. The van der Waals surface area contributed by atoms with Gasteiger partial charge in [-0.3, -0.25) is 13.9 Å². The van der Waals surface area contributed by atoms with Crippen molar-refractivity contribution in [2.75, 3.05) is 30.2 Å². The summed E-state index contributed by atoms with van der Waals surface area (Å²) in [5.41, 5.74) is 2.24. The highest BCUT2D eigenvalue weighted by molar-refractivity contribution is 7.92. The van der Waals surface area contributed by atoms with Crippen LogP contribution in [0, 0.1) is 6.92 Å². The first-order chi connectivity index (χ1) is 16.6. The van der Waals surface area contributed by atoms with Crippen LogP contribution in [0.2, 0.25) is 5.02 Å². The average molecular weight is 522 g/mol. The number of carbonyl (C=O) groups is 2. The van der Waals surface area contributed by atoms with Gasteiger partial charge in [0, 0.05) is 31.1 Å². The van der Waals surface area contributed by atoms with Gasteiger partial charge in [-0.1, -0.05) is 54.9 Å². The van der Waals surface area contributed by atoms with Crippen molar-refractivity contribution in [2.45, 2.75) is 52.5 Å². The minimum atomic E-state index is -3.58. The predicted molar refractivity (Wildman–Crippen MR) is 142 cm³/mol. The van der Waals surface area contributed by atoms with Crippen LogP contribution in [0.25, 0.3) is 0 Å². The fourth-order valence-electron chi connectivity index (χ4n) is 3.81. The highest BCUT2D eigenvalue weighted by Gasteiger charge is 2.26. The highest BCUT2D eigenvalue weighted by atomic mass is 35.5. The van der Waals surface area contributed by atoms with Crippen LogP contribution in [0.15, 0.2) is 48.5 Å². The molecular formula is C26H36ClN3O4S. The van der Waals surface area contributed by atoms with Gasteiger partial charge in [-0.15, -0.1) is 0 Å². The number of amides is 2. The molecule has 7 nitrogen and oxygen atoms in total. The molecule has 2 aromatic carbocycles. The van der Waals surface area contributed by atoms with Gasteiger partial charge in [0.25, 0.3) is 0 Å². The lowest BCUT2D eigenvalue weighted by molar-refractivity contribution is -0.139. The Bertz CT molecular complexity index is 1090. The lowest BCUT2D eigenvalue weighted by Crippen LogP contribution is -2.49. The molecule has 0 fully saturated rings. The predicted octanol–water partition coefficient (Wildman–Crippen LogP) is 4.18. The summed E-state index contributed by atoms with van der Waals surface area (Å²) >= 11 is 6.20. The molecule has 9 heteroatoms. The number of nitrogens with one attached hydrogen (secondary N) is 1. The van der Waals surface area contributed by atoms with Crippen molar-refractivity contribution >= 4 is 39.1 Å². The zero-order chi connectivity index (χ0) is 26.0. The van der Waals surface area contributed by atoms with E-state index in [1.807, 2.05) is 37.3 Å². The van der Waals surface area contributed by atoms with Crippen molar-refractivity contribution in [3.8, 4) is 0 Å². The molecule has 0 heterocycles. The Labute approximate surface area is 214 Å².